The van der Waals surface area contributed by atoms with Crippen molar-refractivity contribution in [1.82, 2.24) is 14.9 Å². The van der Waals surface area contributed by atoms with E-state index in [1.54, 1.807) is 0 Å². The molecule has 1 aromatic rings. The summed E-state index contributed by atoms with van der Waals surface area (Å²) in [5.74, 6) is 5.15. The van der Waals surface area contributed by atoms with Gasteiger partial charge in [0.1, 0.15) is 6.33 Å². The first kappa shape index (κ1) is 4.76. The van der Waals surface area contributed by atoms with Gasteiger partial charge in [0.25, 0.3) is 0 Å². The van der Waals surface area contributed by atoms with Crippen LogP contribution in [0, 0.1) is 5.41 Å². The van der Waals surface area contributed by atoms with Crippen molar-refractivity contribution in [2.45, 2.75) is 0 Å². The third-order valence-electron chi connectivity index (χ3n) is 0.701. The molecule has 3 N–H and O–H groups in total. The summed E-state index contributed by atoms with van der Waals surface area (Å²) in [6, 6.07) is 0. The Hall–Kier alpha value is -1.39. The molecule has 0 saturated heterocycles. The number of rotatable bonds is 0. The first-order valence-corrected chi connectivity index (χ1v) is 2.00. The van der Waals surface area contributed by atoms with Crippen LogP contribution in [0.15, 0.2) is 12.5 Å². The summed E-state index contributed by atoms with van der Waals surface area (Å²) in [5.41, 5.74) is 0.139. The highest BCUT2D eigenvalue weighted by molar-refractivity contribution is 4.65. The molecule has 0 saturated carbocycles. The van der Waals surface area contributed by atoms with E-state index in [1.165, 1.54) is 12.5 Å². The van der Waals surface area contributed by atoms with Crippen LogP contribution in [0.1, 0.15) is 0 Å². The molecule has 0 bridgehead atoms. The lowest BCUT2D eigenvalue weighted by molar-refractivity contribution is 0.785. The second-order valence-electron chi connectivity index (χ2n) is 1.27. The molecule has 1 rings (SSSR count). The van der Waals surface area contributed by atoms with Crippen molar-refractivity contribution in [1.29, 1.82) is 5.41 Å². The van der Waals surface area contributed by atoms with Gasteiger partial charge in [-0.25, -0.2) is 4.68 Å². The number of hydrogen-bond donors (Lipinski definition) is 2. The zero-order valence-electron chi connectivity index (χ0n) is 4.07. The summed E-state index contributed by atoms with van der Waals surface area (Å²) >= 11 is 0. The Morgan fingerprint density at radius 1 is 1.62 bits per heavy atom. The first-order chi connectivity index (χ1) is 3.80. The molecule has 0 aromatic carbocycles. The maximum atomic E-state index is 6.96. The Morgan fingerprint density at radius 2 is 2.38 bits per heavy atom. The van der Waals surface area contributed by atoms with E-state index in [4.69, 9.17) is 11.3 Å². The minimum Gasteiger partial charge on any atom is -0.336 e. The van der Waals surface area contributed by atoms with E-state index in [2.05, 4.69) is 10.2 Å². The van der Waals surface area contributed by atoms with Crippen LogP contribution < -0.4 is 11.3 Å². The topological polar surface area (TPSA) is 80.6 Å². The molecule has 0 amide bonds. The van der Waals surface area contributed by atoms with Crippen molar-refractivity contribution >= 4 is 0 Å². The van der Waals surface area contributed by atoms with Gasteiger partial charge in [-0.15, -0.1) is 5.10 Å². The number of nitrogen functional groups attached to an aromatic ring is 1. The molecule has 5 nitrogen and oxygen atoms in total. The monoisotopic (exact) mass is 111 g/mol. The van der Waals surface area contributed by atoms with Crippen LogP contribution in [0.4, 0.5) is 0 Å². The van der Waals surface area contributed by atoms with E-state index in [0.717, 1.165) is 4.68 Å². The van der Waals surface area contributed by atoms with Crippen molar-refractivity contribution in [3.05, 3.63) is 18.0 Å². The predicted octanol–water partition coefficient (Wildman–Crippen LogP) is -1.53. The Bertz CT molecular complexity index is 225. The van der Waals surface area contributed by atoms with Gasteiger partial charge < -0.3 is 5.84 Å². The lowest BCUT2D eigenvalue weighted by Gasteiger charge is -1.90. The van der Waals surface area contributed by atoms with Gasteiger partial charge in [0, 0.05) is 0 Å². The molecule has 1 heterocycles. The van der Waals surface area contributed by atoms with Crippen molar-refractivity contribution < 1.29 is 0 Å². The summed E-state index contributed by atoms with van der Waals surface area (Å²) in [6.07, 6.45) is 2.53. The summed E-state index contributed by atoms with van der Waals surface area (Å²) < 4.78 is 1.08. The maximum absolute atomic E-state index is 6.96. The standard InChI is InChI=1S/C3H5N5/c4-3-1-6-7-2-8(3)5/h1-2,4H,5H2. The molecule has 0 unspecified atom stereocenters. The zero-order chi connectivity index (χ0) is 5.98. The van der Waals surface area contributed by atoms with E-state index in [1.807, 2.05) is 0 Å². The molecule has 0 aliphatic heterocycles. The van der Waals surface area contributed by atoms with Crippen molar-refractivity contribution in [2.24, 2.45) is 0 Å². The Balaban J connectivity index is 3.35. The zero-order valence-corrected chi connectivity index (χ0v) is 4.07. The van der Waals surface area contributed by atoms with Crippen LogP contribution in [0.2, 0.25) is 0 Å². The summed E-state index contributed by atoms with van der Waals surface area (Å²) in [6.45, 7) is 0. The molecule has 0 aliphatic carbocycles. The molecular formula is C3H5N5. The van der Waals surface area contributed by atoms with Crippen LogP contribution in [0.5, 0.6) is 0 Å². The summed E-state index contributed by atoms with van der Waals surface area (Å²) in [4.78, 5) is 0. The Labute approximate surface area is 45.3 Å². The summed E-state index contributed by atoms with van der Waals surface area (Å²) in [5, 5.41) is 13.8. The molecule has 0 aliphatic rings. The van der Waals surface area contributed by atoms with Crippen molar-refractivity contribution in [2.75, 3.05) is 5.84 Å². The normalized spacial score (nSPS) is 9.00. The van der Waals surface area contributed by atoms with Gasteiger partial charge >= 0.3 is 0 Å². The molecule has 42 valence electrons. The van der Waals surface area contributed by atoms with Crippen LogP contribution >= 0.6 is 0 Å². The average Bonchev–Trinajstić information content (AvgIpc) is 1.77. The van der Waals surface area contributed by atoms with E-state index < -0.39 is 0 Å². The second-order valence-corrected chi connectivity index (χ2v) is 1.27. The molecular weight excluding hydrogens is 106 g/mol. The van der Waals surface area contributed by atoms with Crippen LogP contribution in [0.3, 0.4) is 0 Å². The van der Waals surface area contributed by atoms with Gasteiger partial charge in [0.05, 0.1) is 6.20 Å². The smallest absolute Gasteiger partial charge is 0.165 e. The number of nitrogens with one attached hydrogen (secondary N) is 1. The number of nitrogens with zero attached hydrogens (tertiary/aromatic N) is 3. The Kier molecular flexibility index (Phi) is 0.957. The Morgan fingerprint density at radius 3 is 2.75 bits per heavy atom. The molecule has 1 aromatic heterocycles. The number of aromatic nitrogens is 3. The van der Waals surface area contributed by atoms with E-state index in [9.17, 15) is 0 Å². The van der Waals surface area contributed by atoms with E-state index in [-0.39, 0.29) is 5.49 Å². The highest BCUT2D eigenvalue weighted by Crippen LogP contribution is 1.55. The highest BCUT2D eigenvalue weighted by atomic mass is 15.3. The van der Waals surface area contributed by atoms with Gasteiger partial charge in [-0.3, -0.25) is 5.41 Å². The van der Waals surface area contributed by atoms with Gasteiger partial charge in [-0.05, 0) is 0 Å². The van der Waals surface area contributed by atoms with Crippen LogP contribution in [-0.4, -0.2) is 14.9 Å². The molecule has 0 spiro atoms. The maximum Gasteiger partial charge on any atom is 0.165 e. The van der Waals surface area contributed by atoms with Gasteiger partial charge in [0.15, 0.2) is 5.49 Å². The van der Waals surface area contributed by atoms with Gasteiger partial charge in [0.2, 0.25) is 0 Å². The molecule has 0 atom stereocenters. The SMILES string of the molecule is N=c1cnncn1N. The fourth-order valence-corrected chi connectivity index (χ4v) is 0.302. The number of nitrogens with two attached hydrogens (primary N) is 1. The summed E-state index contributed by atoms with van der Waals surface area (Å²) in [7, 11) is 0. The van der Waals surface area contributed by atoms with Crippen molar-refractivity contribution in [3.8, 4) is 0 Å². The second kappa shape index (κ2) is 1.61. The lowest BCUT2D eigenvalue weighted by atomic mass is 10.8. The largest absolute Gasteiger partial charge is 0.336 e. The molecule has 0 fully saturated rings. The molecule has 0 radical (unpaired) electrons. The molecule has 5 heteroatoms. The average molecular weight is 111 g/mol. The quantitative estimate of drug-likeness (QED) is 0.398. The predicted molar refractivity (Wildman–Crippen MR) is 26.0 cm³/mol. The minimum atomic E-state index is 0.139. The molecule has 8 heavy (non-hydrogen) atoms. The highest BCUT2D eigenvalue weighted by Gasteiger charge is 1.78. The van der Waals surface area contributed by atoms with E-state index >= 15 is 0 Å². The van der Waals surface area contributed by atoms with Crippen molar-refractivity contribution in [3.63, 3.8) is 0 Å². The third kappa shape index (κ3) is 0.651. The first-order valence-electron chi connectivity index (χ1n) is 2.00. The fraction of sp³-hybridized carbons (Fsp3) is 0. The third-order valence-corrected chi connectivity index (χ3v) is 0.701. The van der Waals surface area contributed by atoms with Gasteiger partial charge in [-0.2, -0.15) is 5.10 Å². The lowest BCUT2D eigenvalue weighted by Crippen LogP contribution is -2.26. The van der Waals surface area contributed by atoms with Gasteiger partial charge in [-0.1, -0.05) is 0 Å². The minimum absolute atomic E-state index is 0.139. The van der Waals surface area contributed by atoms with Crippen LogP contribution in [-0.2, 0) is 0 Å². The fourth-order valence-electron chi connectivity index (χ4n) is 0.302. The van der Waals surface area contributed by atoms with E-state index in [0.29, 0.717) is 0 Å². The number of hydrogen-bond acceptors (Lipinski definition) is 4. The van der Waals surface area contributed by atoms with Crippen LogP contribution in [0.25, 0.3) is 0 Å².